The maximum Gasteiger partial charge on any atom is 0.418 e. The molecule has 0 aliphatic heterocycles. The van der Waals surface area contributed by atoms with Gasteiger partial charge >= 0.3 is 12.1 Å². The molecule has 7 heteroatoms. The van der Waals surface area contributed by atoms with Crippen LogP contribution in [0.25, 0.3) is 22.0 Å². The minimum absolute atomic E-state index is 0.108. The van der Waals surface area contributed by atoms with Crippen molar-refractivity contribution in [2.24, 2.45) is 0 Å². The van der Waals surface area contributed by atoms with Crippen molar-refractivity contribution in [2.45, 2.75) is 19.2 Å². The maximum atomic E-state index is 13.8. The molecule has 0 bridgehead atoms. The molecule has 0 aliphatic carbocycles. The second kappa shape index (κ2) is 10.4. The van der Waals surface area contributed by atoms with Gasteiger partial charge in [-0.3, -0.25) is 4.98 Å². The van der Waals surface area contributed by atoms with Gasteiger partial charge in [-0.15, -0.1) is 0 Å². The summed E-state index contributed by atoms with van der Waals surface area (Å²) >= 11 is 0. The number of para-hydroxylation sites is 1. The van der Waals surface area contributed by atoms with E-state index in [9.17, 15) is 23.1 Å². The van der Waals surface area contributed by atoms with Crippen LogP contribution in [0.4, 0.5) is 13.2 Å². The van der Waals surface area contributed by atoms with E-state index in [1.54, 1.807) is 42.5 Å². The zero-order chi connectivity index (χ0) is 26.7. The predicted molar refractivity (Wildman–Crippen MR) is 139 cm³/mol. The van der Waals surface area contributed by atoms with Gasteiger partial charge in [0.15, 0.2) is 0 Å². The monoisotopic (exact) mass is 513 g/mol. The van der Waals surface area contributed by atoms with Gasteiger partial charge in [0.05, 0.1) is 16.6 Å². The SMILES string of the molecule is O=C(O)c1cccc(COc2cccc(-c3c(Cc4ccccc4)cnc4c(C(F)(F)F)cccc34)c2)c1. The lowest BCUT2D eigenvalue weighted by atomic mass is 9.92. The molecule has 5 rings (SSSR count). The molecule has 0 saturated carbocycles. The summed E-state index contributed by atoms with van der Waals surface area (Å²) in [5, 5.41) is 9.63. The normalized spacial score (nSPS) is 11.4. The minimum atomic E-state index is -4.54. The number of carbonyl (C=O) groups is 1. The van der Waals surface area contributed by atoms with E-state index in [2.05, 4.69) is 4.98 Å². The van der Waals surface area contributed by atoms with E-state index in [1.807, 2.05) is 36.4 Å². The molecule has 0 radical (unpaired) electrons. The molecule has 0 spiro atoms. The van der Waals surface area contributed by atoms with Crippen LogP contribution in [0.1, 0.15) is 32.6 Å². The molecule has 0 aliphatic rings. The molecule has 4 aromatic carbocycles. The molecule has 1 heterocycles. The summed E-state index contributed by atoms with van der Waals surface area (Å²) in [5.74, 6) is -0.520. The number of fused-ring (bicyclic) bond motifs is 1. The highest BCUT2D eigenvalue weighted by molar-refractivity contribution is 5.98. The van der Waals surface area contributed by atoms with Gasteiger partial charge < -0.3 is 9.84 Å². The van der Waals surface area contributed by atoms with Gasteiger partial charge in [0.2, 0.25) is 0 Å². The highest BCUT2D eigenvalue weighted by Gasteiger charge is 2.33. The van der Waals surface area contributed by atoms with Crippen molar-refractivity contribution in [3.63, 3.8) is 0 Å². The Morgan fingerprint density at radius 2 is 1.58 bits per heavy atom. The average Bonchev–Trinajstić information content (AvgIpc) is 2.92. The van der Waals surface area contributed by atoms with Crippen LogP contribution in [0.2, 0.25) is 0 Å². The summed E-state index contributed by atoms with van der Waals surface area (Å²) in [6, 6.07) is 27.4. The first-order chi connectivity index (χ1) is 18.3. The number of benzene rings is 4. The smallest absolute Gasteiger partial charge is 0.418 e. The molecule has 38 heavy (non-hydrogen) atoms. The summed E-state index contributed by atoms with van der Waals surface area (Å²) in [6.45, 7) is 0.136. The maximum absolute atomic E-state index is 13.8. The third-order valence-corrected chi connectivity index (χ3v) is 6.22. The molecule has 4 nitrogen and oxygen atoms in total. The fourth-order valence-corrected chi connectivity index (χ4v) is 4.49. The molecule has 0 unspecified atom stereocenters. The van der Waals surface area contributed by atoms with Gasteiger partial charge in [-0.05, 0) is 64.6 Å². The van der Waals surface area contributed by atoms with Crippen LogP contribution in [-0.4, -0.2) is 16.1 Å². The Labute approximate surface area is 217 Å². The van der Waals surface area contributed by atoms with Crippen LogP contribution in [0, 0.1) is 0 Å². The number of halogens is 3. The van der Waals surface area contributed by atoms with Gasteiger partial charge in [0, 0.05) is 11.6 Å². The summed E-state index contributed by atoms with van der Waals surface area (Å²) in [6.07, 6.45) is -2.53. The third-order valence-electron chi connectivity index (χ3n) is 6.22. The molecular weight excluding hydrogens is 491 g/mol. The number of nitrogens with zero attached hydrogens (tertiary/aromatic N) is 1. The summed E-state index contributed by atoms with van der Waals surface area (Å²) in [4.78, 5) is 15.5. The van der Waals surface area contributed by atoms with Crippen molar-refractivity contribution in [1.82, 2.24) is 4.98 Å². The Morgan fingerprint density at radius 1 is 0.842 bits per heavy atom. The number of aromatic carboxylic acids is 1. The number of hydrogen-bond donors (Lipinski definition) is 1. The minimum Gasteiger partial charge on any atom is -0.489 e. The Balaban J connectivity index is 1.57. The number of carboxylic acid groups (broad SMARTS) is 1. The first-order valence-electron chi connectivity index (χ1n) is 11.9. The average molecular weight is 514 g/mol. The zero-order valence-electron chi connectivity index (χ0n) is 20.1. The molecule has 1 aromatic heterocycles. The first kappa shape index (κ1) is 25.0. The largest absolute Gasteiger partial charge is 0.489 e. The van der Waals surface area contributed by atoms with Crippen LogP contribution in [0.15, 0.2) is 103 Å². The Morgan fingerprint density at radius 3 is 2.34 bits per heavy atom. The fourth-order valence-electron chi connectivity index (χ4n) is 4.49. The molecular formula is C31H22F3NO3. The van der Waals surface area contributed by atoms with E-state index in [0.29, 0.717) is 34.2 Å². The van der Waals surface area contributed by atoms with Crippen LogP contribution >= 0.6 is 0 Å². The van der Waals surface area contributed by atoms with Crippen molar-refractivity contribution in [3.05, 3.63) is 131 Å². The quantitative estimate of drug-likeness (QED) is 0.241. The second-order valence-electron chi connectivity index (χ2n) is 8.84. The number of hydrogen-bond acceptors (Lipinski definition) is 3. The fraction of sp³-hybridized carbons (Fsp3) is 0.0968. The predicted octanol–water partition coefficient (Wildman–Crippen LogP) is 7.79. The lowest BCUT2D eigenvalue weighted by molar-refractivity contribution is -0.136. The molecule has 0 fully saturated rings. The molecule has 0 amide bonds. The summed E-state index contributed by atoms with van der Waals surface area (Å²) < 4.78 is 47.4. The van der Waals surface area contributed by atoms with Crippen LogP contribution in [0.5, 0.6) is 5.75 Å². The van der Waals surface area contributed by atoms with E-state index in [1.165, 1.54) is 18.3 Å². The van der Waals surface area contributed by atoms with Gasteiger partial charge in [0.1, 0.15) is 12.4 Å². The van der Waals surface area contributed by atoms with Crippen molar-refractivity contribution >= 4 is 16.9 Å². The third kappa shape index (κ3) is 5.37. The molecule has 5 aromatic rings. The number of carboxylic acids is 1. The highest BCUT2D eigenvalue weighted by Crippen LogP contribution is 2.39. The number of alkyl halides is 3. The molecule has 0 atom stereocenters. The number of rotatable bonds is 7. The van der Waals surface area contributed by atoms with Crippen LogP contribution < -0.4 is 4.74 Å². The first-order valence-corrected chi connectivity index (χ1v) is 11.9. The zero-order valence-corrected chi connectivity index (χ0v) is 20.1. The van der Waals surface area contributed by atoms with Crippen molar-refractivity contribution in [1.29, 1.82) is 0 Å². The Bertz CT molecular complexity index is 1610. The van der Waals surface area contributed by atoms with E-state index < -0.39 is 17.7 Å². The lowest BCUT2D eigenvalue weighted by Gasteiger charge is -2.17. The molecule has 190 valence electrons. The lowest BCUT2D eigenvalue weighted by Crippen LogP contribution is -2.07. The summed E-state index contributed by atoms with van der Waals surface area (Å²) in [5.41, 5.74) is 3.10. The van der Waals surface area contributed by atoms with Crippen molar-refractivity contribution in [3.8, 4) is 16.9 Å². The van der Waals surface area contributed by atoms with Crippen LogP contribution in [-0.2, 0) is 19.2 Å². The van der Waals surface area contributed by atoms with E-state index in [-0.39, 0.29) is 17.7 Å². The van der Waals surface area contributed by atoms with Gasteiger partial charge in [0.25, 0.3) is 0 Å². The Kier molecular flexibility index (Phi) is 6.83. The Hall–Kier alpha value is -4.65. The number of ether oxygens (including phenoxy) is 1. The molecule has 1 N–H and O–H groups in total. The summed E-state index contributed by atoms with van der Waals surface area (Å²) in [7, 11) is 0. The van der Waals surface area contributed by atoms with E-state index in [4.69, 9.17) is 4.74 Å². The standard InChI is InChI=1S/C31H22F3NO3/c32-31(33,34)27-14-6-13-26-28(24(18-35-29(26)27)15-20-7-2-1-3-8-20)22-10-5-12-25(17-22)38-19-21-9-4-11-23(16-21)30(36)37/h1-14,16-18H,15,19H2,(H,36,37). The second-order valence-corrected chi connectivity index (χ2v) is 8.84. The number of aromatic nitrogens is 1. The van der Waals surface area contributed by atoms with Gasteiger partial charge in [-0.1, -0.05) is 66.7 Å². The topological polar surface area (TPSA) is 59.4 Å². The number of pyridine rings is 1. The van der Waals surface area contributed by atoms with E-state index in [0.717, 1.165) is 17.2 Å². The van der Waals surface area contributed by atoms with Gasteiger partial charge in [-0.2, -0.15) is 13.2 Å². The van der Waals surface area contributed by atoms with Crippen LogP contribution in [0.3, 0.4) is 0 Å². The highest BCUT2D eigenvalue weighted by atomic mass is 19.4. The van der Waals surface area contributed by atoms with Crippen molar-refractivity contribution in [2.75, 3.05) is 0 Å². The van der Waals surface area contributed by atoms with Crippen molar-refractivity contribution < 1.29 is 27.8 Å². The van der Waals surface area contributed by atoms with Gasteiger partial charge in [-0.25, -0.2) is 4.79 Å². The van der Waals surface area contributed by atoms with E-state index >= 15 is 0 Å². The molecule has 0 saturated heterocycles.